The van der Waals surface area contributed by atoms with Crippen LogP contribution in [0.25, 0.3) is 0 Å². The van der Waals surface area contributed by atoms with E-state index in [2.05, 4.69) is 0 Å². The summed E-state index contributed by atoms with van der Waals surface area (Å²) in [4.78, 5) is 36.5. The van der Waals surface area contributed by atoms with E-state index in [1.165, 1.54) is 6.07 Å². The molecule has 1 aromatic rings. The summed E-state index contributed by atoms with van der Waals surface area (Å²) >= 11 is 0. The molecule has 5 heteroatoms. The van der Waals surface area contributed by atoms with Gasteiger partial charge in [0.25, 0.3) is 11.7 Å². The highest BCUT2D eigenvalue weighted by atomic mass is 19.1. The molecule has 2 rings (SSSR count). The number of carbonyl (C=O) groups is 3. The zero-order chi connectivity index (χ0) is 14.2. The third-order valence-electron chi connectivity index (χ3n) is 3.41. The van der Waals surface area contributed by atoms with Crippen molar-refractivity contribution in [1.82, 2.24) is 0 Å². The zero-order valence-electron chi connectivity index (χ0n) is 10.8. The van der Waals surface area contributed by atoms with E-state index in [-0.39, 0.29) is 29.5 Å². The van der Waals surface area contributed by atoms with Gasteiger partial charge < -0.3 is 0 Å². The summed E-state index contributed by atoms with van der Waals surface area (Å²) in [6, 6.07) is 3.52. The van der Waals surface area contributed by atoms with Crippen molar-refractivity contribution in [2.75, 3.05) is 11.4 Å². The quantitative estimate of drug-likeness (QED) is 0.780. The first-order valence-electron chi connectivity index (χ1n) is 6.14. The van der Waals surface area contributed by atoms with E-state index < -0.39 is 17.5 Å². The summed E-state index contributed by atoms with van der Waals surface area (Å²) in [6.45, 7) is 3.44. The Kier molecular flexibility index (Phi) is 3.46. The van der Waals surface area contributed by atoms with Crippen LogP contribution in [0.4, 0.5) is 10.1 Å². The Labute approximate surface area is 110 Å². The number of fused-ring (bicyclic) bond motifs is 1. The lowest BCUT2D eigenvalue weighted by atomic mass is 10.0. The monoisotopic (exact) mass is 263 g/mol. The lowest BCUT2D eigenvalue weighted by Gasteiger charge is -2.17. The molecule has 0 radical (unpaired) electrons. The Hall–Kier alpha value is -2.04. The fourth-order valence-electron chi connectivity index (χ4n) is 1.96. The van der Waals surface area contributed by atoms with Gasteiger partial charge in [-0.3, -0.25) is 19.3 Å². The van der Waals surface area contributed by atoms with Crippen LogP contribution < -0.4 is 4.90 Å². The minimum Gasteiger partial charge on any atom is -0.297 e. The van der Waals surface area contributed by atoms with Crippen molar-refractivity contribution in [3.05, 3.63) is 29.6 Å². The maximum atomic E-state index is 13.2. The van der Waals surface area contributed by atoms with Gasteiger partial charge in [-0.05, 0) is 24.6 Å². The Balaban J connectivity index is 2.33. The van der Waals surface area contributed by atoms with Gasteiger partial charge in [0.05, 0.1) is 17.8 Å². The van der Waals surface area contributed by atoms with Crippen LogP contribution in [0, 0.1) is 11.7 Å². The molecule has 19 heavy (non-hydrogen) atoms. The highest BCUT2D eigenvalue weighted by Gasteiger charge is 2.37. The van der Waals surface area contributed by atoms with Gasteiger partial charge in [-0.25, -0.2) is 4.39 Å². The SMILES string of the molecule is CCC(C)C(=O)CN1C(=O)C(=O)c2ccc(F)cc21. The van der Waals surface area contributed by atoms with Gasteiger partial charge in [0.2, 0.25) is 0 Å². The second kappa shape index (κ2) is 4.91. The predicted octanol–water partition coefficient (Wildman–Crippen LogP) is 1.97. The molecule has 0 fully saturated rings. The topological polar surface area (TPSA) is 54.5 Å². The number of anilines is 1. The van der Waals surface area contributed by atoms with Gasteiger partial charge >= 0.3 is 0 Å². The Morgan fingerprint density at radius 3 is 2.68 bits per heavy atom. The summed E-state index contributed by atoms with van der Waals surface area (Å²) < 4.78 is 13.2. The molecule has 0 aromatic heterocycles. The van der Waals surface area contributed by atoms with Crippen LogP contribution in [0.5, 0.6) is 0 Å². The zero-order valence-corrected chi connectivity index (χ0v) is 10.8. The lowest BCUT2D eigenvalue weighted by Crippen LogP contribution is -2.36. The number of hydrogen-bond donors (Lipinski definition) is 0. The van der Waals surface area contributed by atoms with Crippen LogP contribution >= 0.6 is 0 Å². The molecule has 1 aliphatic rings. The number of Topliss-reactive ketones (excluding diaryl/α,β-unsaturated/α-hetero) is 2. The van der Waals surface area contributed by atoms with Gasteiger partial charge in [-0.2, -0.15) is 0 Å². The first-order valence-corrected chi connectivity index (χ1v) is 6.14. The third-order valence-corrected chi connectivity index (χ3v) is 3.41. The van der Waals surface area contributed by atoms with Crippen LogP contribution in [-0.2, 0) is 9.59 Å². The van der Waals surface area contributed by atoms with E-state index in [1.807, 2.05) is 6.92 Å². The molecule has 1 amide bonds. The minimum absolute atomic E-state index is 0.138. The summed E-state index contributed by atoms with van der Waals surface area (Å²) in [5.74, 6) is -2.33. The molecular formula is C14H14FNO3. The Morgan fingerprint density at radius 1 is 1.37 bits per heavy atom. The van der Waals surface area contributed by atoms with Crippen LogP contribution in [0.3, 0.4) is 0 Å². The molecule has 0 aliphatic carbocycles. The van der Waals surface area contributed by atoms with E-state index in [4.69, 9.17) is 0 Å². The minimum atomic E-state index is -0.766. The summed E-state index contributed by atoms with van der Waals surface area (Å²) in [6.07, 6.45) is 0.658. The standard InChI is InChI=1S/C14H14FNO3/c1-3-8(2)12(17)7-16-11-6-9(15)4-5-10(11)13(18)14(16)19/h4-6,8H,3,7H2,1-2H3. The molecule has 1 atom stereocenters. The average Bonchev–Trinajstić information content (AvgIpc) is 2.62. The largest absolute Gasteiger partial charge is 0.299 e. The normalized spacial score (nSPS) is 15.6. The van der Waals surface area contributed by atoms with Crippen LogP contribution in [-0.4, -0.2) is 24.0 Å². The van der Waals surface area contributed by atoms with Crippen LogP contribution in [0.1, 0.15) is 30.6 Å². The average molecular weight is 263 g/mol. The molecule has 0 N–H and O–H groups in total. The predicted molar refractivity (Wildman–Crippen MR) is 67.5 cm³/mol. The second-order valence-electron chi connectivity index (χ2n) is 4.66. The van der Waals surface area contributed by atoms with E-state index in [0.717, 1.165) is 17.0 Å². The molecule has 1 heterocycles. The highest BCUT2D eigenvalue weighted by molar-refractivity contribution is 6.52. The van der Waals surface area contributed by atoms with E-state index in [1.54, 1.807) is 6.92 Å². The molecule has 0 spiro atoms. The molecule has 0 bridgehead atoms. The Bertz CT molecular complexity index is 568. The summed E-state index contributed by atoms with van der Waals surface area (Å²) in [5, 5.41) is 0. The Morgan fingerprint density at radius 2 is 2.05 bits per heavy atom. The smallest absolute Gasteiger partial charge is 0.297 e. The highest BCUT2D eigenvalue weighted by Crippen LogP contribution is 2.29. The van der Waals surface area contributed by atoms with Crippen LogP contribution in [0.15, 0.2) is 18.2 Å². The number of carbonyl (C=O) groups excluding carboxylic acids is 3. The van der Waals surface area contributed by atoms with E-state index >= 15 is 0 Å². The number of amides is 1. The first-order chi connectivity index (χ1) is 8.95. The van der Waals surface area contributed by atoms with Crippen molar-refractivity contribution in [2.24, 2.45) is 5.92 Å². The maximum Gasteiger partial charge on any atom is 0.299 e. The number of benzene rings is 1. The molecule has 4 nitrogen and oxygen atoms in total. The summed E-state index contributed by atoms with van der Waals surface area (Å²) in [5.41, 5.74) is 0.343. The molecule has 0 saturated heterocycles. The van der Waals surface area contributed by atoms with Gasteiger partial charge in [-0.15, -0.1) is 0 Å². The van der Waals surface area contributed by atoms with Crippen molar-refractivity contribution < 1.29 is 18.8 Å². The first kappa shape index (κ1) is 13.4. The maximum absolute atomic E-state index is 13.2. The van der Waals surface area contributed by atoms with Crippen molar-refractivity contribution in [3.8, 4) is 0 Å². The van der Waals surface area contributed by atoms with Crippen molar-refractivity contribution in [1.29, 1.82) is 0 Å². The number of halogens is 1. The van der Waals surface area contributed by atoms with E-state index in [0.29, 0.717) is 6.42 Å². The van der Waals surface area contributed by atoms with Gasteiger partial charge in [-0.1, -0.05) is 13.8 Å². The van der Waals surface area contributed by atoms with Crippen molar-refractivity contribution >= 4 is 23.2 Å². The number of nitrogens with zero attached hydrogens (tertiary/aromatic N) is 1. The molecular weight excluding hydrogens is 249 g/mol. The van der Waals surface area contributed by atoms with Crippen molar-refractivity contribution in [3.63, 3.8) is 0 Å². The fourth-order valence-corrected chi connectivity index (χ4v) is 1.96. The lowest BCUT2D eigenvalue weighted by molar-refractivity contribution is -0.123. The number of ketones is 2. The number of rotatable bonds is 4. The number of hydrogen-bond acceptors (Lipinski definition) is 3. The van der Waals surface area contributed by atoms with Gasteiger partial charge in [0.1, 0.15) is 5.82 Å². The molecule has 1 aromatic carbocycles. The van der Waals surface area contributed by atoms with Crippen molar-refractivity contribution in [2.45, 2.75) is 20.3 Å². The van der Waals surface area contributed by atoms with Crippen LogP contribution in [0.2, 0.25) is 0 Å². The molecule has 1 unspecified atom stereocenters. The van der Waals surface area contributed by atoms with E-state index in [9.17, 15) is 18.8 Å². The second-order valence-corrected chi connectivity index (χ2v) is 4.66. The van der Waals surface area contributed by atoms with Gasteiger partial charge in [0, 0.05) is 5.92 Å². The molecule has 0 saturated carbocycles. The molecule has 100 valence electrons. The molecule has 1 aliphatic heterocycles. The third kappa shape index (κ3) is 2.28. The fraction of sp³-hybridized carbons (Fsp3) is 0.357. The van der Waals surface area contributed by atoms with Gasteiger partial charge in [0.15, 0.2) is 5.78 Å². The summed E-state index contributed by atoms with van der Waals surface area (Å²) in [7, 11) is 0.